The van der Waals surface area contributed by atoms with E-state index in [2.05, 4.69) is 13.8 Å². The highest BCUT2D eigenvalue weighted by Gasteiger charge is 2.53. The zero-order valence-electron chi connectivity index (χ0n) is 6.68. The third kappa shape index (κ3) is 0.609. The van der Waals surface area contributed by atoms with Crippen LogP contribution in [0.25, 0.3) is 0 Å². The lowest BCUT2D eigenvalue weighted by Crippen LogP contribution is -2.43. The first-order chi connectivity index (χ1) is 4.61. The molecule has 0 aromatic rings. The Balaban J connectivity index is 2.20. The summed E-state index contributed by atoms with van der Waals surface area (Å²) < 4.78 is 0. The minimum atomic E-state index is 0.345. The van der Waals surface area contributed by atoms with Gasteiger partial charge in [-0.2, -0.15) is 0 Å². The summed E-state index contributed by atoms with van der Waals surface area (Å²) in [7, 11) is 0. The lowest BCUT2D eigenvalue weighted by molar-refractivity contribution is -0.130. The number of carbonyl (C=O) groups is 1. The van der Waals surface area contributed by atoms with Crippen molar-refractivity contribution in [1.29, 1.82) is 0 Å². The second-order valence-corrected chi connectivity index (χ2v) is 4.44. The first-order valence-electron chi connectivity index (χ1n) is 4.14. The maximum absolute atomic E-state index is 11.3. The number of hydrogen-bond donors (Lipinski definition) is 0. The van der Waals surface area contributed by atoms with E-state index in [1.807, 2.05) is 0 Å². The molecule has 1 heteroatoms. The van der Waals surface area contributed by atoms with E-state index >= 15 is 0 Å². The molecule has 0 heterocycles. The minimum absolute atomic E-state index is 0.345. The largest absolute Gasteiger partial charge is 0.299 e. The maximum atomic E-state index is 11.3. The van der Waals surface area contributed by atoms with E-state index in [1.54, 1.807) is 0 Å². The summed E-state index contributed by atoms with van der Waals surface area (Å²) >= 11 is 0. The summed E-state index contributed by atoms with van der Waals surface area (Å²) in [5, 5.41) is 0. The fraction of sp³-hybridized carbons (Fsp3) is 0.889. The van der Waals surface area contributed by atoms with Crippen molar-refractivity contribution in [3.05, 3.63) is 0 Å². The molecule has 0 aromatic heterocycles. The summed E-state index contributed by atoms with van der Waals surface area (Å²) in [5.74, 6) is 1.73. The van der Waals surface area contributed by atoms with Gasteiger partial charge in [0, 0.05) is 12.3 Å². The molecule has 0 aliphatic heterocycles. The number of hydrogen-bond acceptors (Lipinski definition) is 1. The molecular formula is C9H14O. The first kappa shape index (κ1) is 6.38. The highest BCUT2D eigenvalue weighted by atomic mass is 16.1. The van der Waals surface area contributed by atoms with Crippen LogP contribution in [0.4, 0.5) is 0 Å². The number of ketones is 1. The molecule has 2 fully saturated rings. The van der Waals surface area contributed by atoms with Crippen molar-refractivity contribution in [2.75, 3.05) is 0 Å². The van der Waals surface area contributed by atoms with Crippen LogP contribution in [0.3, 0.4) is 0 Å². The zero-order chi connectivity index (χ0) is 7.35. The summed E-state index contributed by atoms with van der Waals surface area (Å²) in [6, 6.07) is 0. The van der Waals surface area contributed by atoms with Gasteiger partial charge in [-0.15, -0.1) is 0 Å². The molecule has 2 atom stereocenters. The molecule has 0 spiro atoms. The highest BCUT2D eigenvalue weighted by molar-refractivity contribution is 5.85. The van der Waals surface area contributed by atoms with Gasteiger partial charge in [0.15, 0.2) is 0 Å². The van der Waals surface area contributed by atoms with E-state index in [4.69, 9.17) is 0 Å². The summed E-state index contributed by atoms with van der Waals surface area (Å²) in [5.41, 5.74) is 0.345. The fourth-order valence-corrected chi connectivity index (χ4v) is 2.85. The van der Waals surface area contributed by atoms with Crippen LogP contribution >= 0.6 is 0 Å². The lowest BCUT2D eigenvalue weighted by atomic mass is 9.57. The molecule has 56 valence electrons. The number of Topliss-reactive ketones (excluding diaryl/α,β-unsaturated/α-hetero) is 1. The average Bonchev–Trinajstić information content (AvgIpc) is 2.06. The second kappa shape index (κ2) is 1.63. The molecule has 2 aliphatic rings. The van der Waals surface area contributed by atoms with Gasteiger partial charge in [-0.1, -0.05) is 13.8 Å². The molecule has 0 aromatic carbocycles. The van der Waals surface area contributed by atoms with Crippen LogP contribution in [0.5, 0.6) is 0 Å². The van der Waals surface area contributed by atoms with Gasteiger partial charge in [-0.05, 0) is 24.2 Å². The van der Waals surface area contributed by atoms with Crippen molar-refractivity contribution in [3.8, 4) is 0 Å². The van der Waals surface area contributed by atoms with Crippen molar-refractivity contribution >= 4 is 5.78 Å². The van der Waals surface area contributed by atoms with Crippen LogP contribution in [0.1, 0.15) is 33.1 Å². The molecule has 2 rings (SSSR count). The Kier molecular flexibility index (Phi) is 1.04. The van der Waals surface area contributed by atoms with E-state index in [1.165, 1.54) is 12.8 Å². The van der Waals surface area contributed by atoms with Gasteiger partial charge in [0.1, 0.15) is 5.78 Å². The summed E-state index contributed by atoms with van der Waals surface area (Å²) in [4.78, 5) is 11.3. The predicted octanol–water partition coefficient (Wildman–Crippen LogP) is 2.01. The Morgan fingerprint density at radius 3 is 2.60 bits per heavy atom. The van der Waals surface area contributed by atoms with Gasteiger partial charge in [-0.25, -0.2) is 0 Å². The van der Waals surface area contributed by atoms with Gasteiger partial charge in [-0.3, -0.25) is 4.79 Å². The molecule has 0 bridgehead atoms. The van der Waals surface area contributed by atoms with Crippen LogP contribution in [0.15, 0.2) is 0 Å². The Morgan fingerprint density at radius 1 is 1.50 bits per heavy atom. The van der Waals surface area contributed by atoms with Crippen LogP contribution in [0.2, 0.25) is 0 Å². The standard InChI is InChI=1S/C9H14O/c1-9(2)5-6-3-4-7(10)8(6)9/h6,8H,3-5H2,1-2H3. The predicted molar refractivity (Wildman–Crippen MR) is 39.6 cm³/mol. The van der Waals surface area contributed by atoms with Crippen molar-refractivity contribution in [2.24, 2.45) is 17.3 Å². The van der Waals surface area contributed by atoms with Gasteiger partial charge in [0.2, 0.25) is 0 Å². The molecule has 0 radical (unpaired) electrons. The molecule has 0 saturated heterocycles. The van der Waals surface area contributed by atoms with Crippen molar-refractivity contribution in [1.82, 2.24) is 0 Å². The highest BCUT2D eigenvalue weighted by Crippen LogP contribution is 2.56. The van der Waals surface area contributed by atoms with Crippen LogP contribution in [-0.2, 0) is 4.79 Å². The van der Waals surface area contributed by atoms with Crippen LogP contribution < -0.4 is 0 Å². The SMILES string of the molecule is CC1(C)CC2CCC(=O)C21. The Hall–Kier alpha value is -0.330. The lowest BCUT2D eigenvalue weighted by Gasteiger charge is -2.46. The molecule has 1 nitrogen and oxygen atoms in total. The molecule has 0 amide bonds. The topological polar surface area (TPSA) is 17.1 Å². The zero-order valence-corrected chi connectivity index (χ0v) is 6.68. The minimum Gasteiger partial charge on any atom is -0.299 e. The van der Waals surface area contributed by atoms with Gasteiger partial charge in [0.05, 0.1) is 0 Å². The van der Waals surface area contributed by atoms with Crippen molar-refractivity contribution < 1.29 is 4.79 Å². The van der Waals surface area contributed by atoms with Gasteiger partial charge < -0.3 is 0 Å². The Labute approximate surface area is 61.8 Å². The number of fused-ring (bicyclic) bond motifs is 1. The quantitative estimate of drug-likeness (QED) is 0.500. The molecule has 2 saturated carbocycles. The third-order valence-corrected chi connectivity index (χ3v) is 3.21. The van der Waals surface area contributed by atoms with Gasteiger partial charge >= 0.3 is 0 Å². The van der Waals surface area contributed by atoms with E-state index in [-0.39, 0.29) is 0 Å². The molecule has 0 N–H and O–H groups in total. The smallest absolute Gasteiger partial charge is 0.136 e. The normalized spacial score (nSPS) is 42.8. The van der Waals surface area contributed by atoms with E-state index in [0.29, 0.717) is 17.1 Å². The molecule has 2 unspecified atom stereocenters. The van der Waals surface area contributed by atoms with Crippen molar-refractivity contribution in [3.63, 3.8) is 0 Å². The number of carbonyl (C=O) groups excluding carboxylic acids is 1. The first-order valence-corrected chi connectivity index (χ1v) is 4.14. The van der Waals surface area contributed by atoms with Crippen LogP contribution in [0, 0.1) is 17.3 Å². The monoisotopic (exact) mass is 138 g/mol. The van der Waals surface area contributed by atoms with E-state index in [0.717, 1.165) is 12.3 Å². The summed E-state index contributed by atoms with van der Waals surface area (Å²) in [6.45, 7) is 4.44. The second-order valence-electron chi connectivity index (χ2n) is 4.44. The molecule has 2 aliphatic carbocycles. The van der Waals surface area contributed by atoms with Crippen LogP contribution in [-0.4, -0.2) is 5.78 Å². The summed E-state index contributed by atoms with van der Waals surface area (Å²) in [6.07, 6.45) is 3.31. The van der Waals surface area contributed by atoms with Crippen molar-refractivity contribution in [2.45, 2.75) is 33.1 Å². The van der Waals surface area contributed by atoms with E-state index < -0.39 is 0 Å². The maximum Gasteiger partial charge on any atom is 0.136 e. The fourth-order valence-electron chi connectivity index (χ4n) is 2.85. The average molecular weight is 138 g/mol. The number of rotatable bonds is 0. The Bertz CT molecular complexity index is 181. The third-order valence-electron chi connectivity index (χ3n) is 3.21. The molecule has 10 heavy (non-hydrogen) atoms. The Morgan fingerprint density at radius 2 is 2.20 bits per heavy atom. The van der Waals surface area contributed by atoms with Gasteiger partial charge in [0.25, 0.3) is 0 Å². The van der Waals surface area contributed by atoms with E-state index in [9.17, 15) is 4.79 Å². The molecular weight excluding hydrogens is 124 g/mol.